The first-order valence-corrected chi connectivity index (χ1v) is 4.59. The van der Waals surface area contributed by atoms with Crippen molar-refractivity contribution in [2.75, 3.05) is 0 Å². The van der Waals surface area contributed by atoms with Crippen LogP contribution in [0.25, 0.3) is 0 Å². The SMILES string of the molecule is Cc1cc(CO)cc(C)c1I. The number of hydrogen-bond acceptors (Lipinski definition) is 1. The summed E-state index contributed by atoms with van der Waals surface area (Å²) in [5, 5.41) is 8.87. The Morgan fingerprint density at radius 2 is 1.73 bits per heavy atom. The van der Waals surface area contributed by atoms with Crippen LogP contribution in [0.4, 0.5) is 0 Å². The van der Waals surface area contributed by atoms with Crippen LogP contribution in [-0.4, -0.2) is 5.11 Å². The molecule has 0 amide bonds. The highest BCUT2D eigenvalue weighted by Crippen LogP contribution is 2.18. The topological polar surface area (TPSA) is 20.2 Å². The lowest BCUT2D eigenvalue weighted by Crippen LogP contribution is -1.90. The summed E-state index contributed by atoms with van der Waals surface area (Å²) >= 11 is 2.32. The summed E-state index contributed by atoms with van der Waals surface area (Å²) in [6.45, 7) is 4.26. The summed E-state index contributed by atoms with van der Waals surface area (Å²) in [5.41, 5.74) is 3.49. The van der Waals surface area contributed by atoms with Crippen molar-refractivity contribution >= 4 is 22.6 Å². The second-order valence-corrected chi connectivity index (χ2v) is 3.78. The molecule has 0 heterocycles. The molecule has 0 aromatic heterocycles. The molecule has 0 aliphatic rings. The predicted octanol–water partition coefficient (Wildman–Crippen LogP) is 2.40. The van der Waals surface area contributed by atoms with Crippen molar-refractivity contribution in [1.82, 2.24) is 0 Å². The van der Waals surface area contributed by atoms with Crippen molar-refractivity contribution in [1.29, 1.82) is 0 Å². The molecule has 0 unspecified atom stereocenters. The van der Waals surface area contributed by atoms with E-state index < -0.39 is 0 Å². The molecule has 2 heteroatoms. The van der Waals surface area contributed by atoms with Gasteiger partial charge in [0.25, 0.3) is 0 Å². The first-order chi connectivity index (χ1) is 5.15. The van der Waals surface area contributed by atoms with Crippen LogP contribution in [0.1, 0.15) is 16.7 Å². The maximum Gasteiger partial charge on any atom is 0.0682 e. The number of rotatable bonds is 1. The molecule has 1 nitrogen and oxygen atoms in total. The molecule has 1 N–H and O–H groups in total. The second-order valence-electron chi connectivity index (χ2n) is 2.70. The van der Waals surface area contributed by atoms with E-state index in [1.807, 2.05) is 12.1 Å². The third-order valence-electron chi connectivity index (χ3n) is 1.68. The second kappa shape index (κ2) is 3.54. The first kappa shape index (κ1) is 9.00. The average molecular weight is 262 g/mol. The van der Waals surface area contributed by atoms with Crippen molar-refractivity contribution in [3.63, 3.8) is 0 Å². The lowest BCUT2D eigenvalue weighted by molar-refractivity contribution is 0.281. The molecule has 0 saturated heterocycles. The van der Waals surface area contributed by atoms with Crippen molar-refractivity contribution in [2.45, 2.75) is 20.5 Å². The van der Waals surface area contributed by atoms with Gasteiger partial charge in [0.2, 0.25) is 0 Å². The van der Waals surface area contributed by atoms with Crippen LogP contribution in [0, 0.1) is 17.4 Å². The van der Waals surface area contributed by atoms with Gasteiger partial charge >= 0.3 is 0 Å². The summed E-state index contributed by atoms with van der Waals surface area (Å²) in [6, 6.07) is 4.05. The Labute approximate surface area is 80.6 Å². The van der Waals surface area contributed by atoms with Gasteiger partial charge in [-0.1, -0.05) is 12.1 Å². The number of aliphatic hydroxyl groups excluding tert-OH is 1. The molecule has 1 rings (SSSR count). The fraction of sp³-hybridized carbons (Fsp3) is 0.333. The van der Waals surface area contributed by atoms with Crippen molar-refractivity contribution in [2.24, 2.45) is 0 Å². The zero-order valence-corrected chi connectivity index (χ0v) is 8.84. The Morgan fingerprint density at radius 1 is 1.27 bits per heavy atom. The largest absolute Gasteiger partial charge is 0.392 e. The van der Waals surface area contributed by atoms with E-state index in [0.29, 0.717) is 0 Å². The minimum atomic E-state index is 0.137. The van der Waals surface area contributed by atoms with Crippen LogP contribution in [0.15, 0.2) is 12.1 Å². The van der Waals surface area contributed by atoms with E-state index in [0.717, 1.165) is 5.56 Å². The highest BCUT2D eigenvalue weighted by molar-refractivity contribution is 14.1. The molecule has 0 fully saturated rings. The van der Waals surface area contributed by atoms with Crippen molar-refractivity contribution < 1.29 is 5.11 Å². The number of aliphatic hydroxyl groups is 1. The molecule has 0 saturated carbocycles. The minimum absolute atomic E-state index is 0.137. The Morgan fingerprint density at radius 3 is 2.09 bits per heavy atom. The van der Waals surface area contributed by atoms with Crippen LogP contribution in [0.5, 0.6) is 0 Å². The molecule has 0 spiro atoms. The van der Waals surface area contributed by atoms with Gasteiger partial charge in [0, 0.05) is 3.57 Å². The summed E-state index contributed by atoms with van der Waals surface area (Å²) in [4.78, 5) is 0. The maximum atomic E-state index is 8.87. The predicted molar refractivity (Wildman–Crippen MR) is 54.6 cm³/mol. The lowest BCUT2D eigenvalue weighted by Gasteiger charge is -2.04. The summed E-state index contributed by atoms with van der Waals surface area (Å²) in [5.74, 6) is 0. The molecular formula is C9H11IO. The maximum absolute atomic E-state index is 8.87. The number of hydrogen-bond donors (Lipinski definition) is 1. The average Bonchev–Trinajstić information content (AvgIpc) is 1.99. The zero-order chi connectivity index (χ0) is 8.43. The fourth-order valence-corrected chi connectivity index (χ4v) is 1.44. The minimum Gasteiger partial charge on any atom is -0.392 e. The van der Waals surface area contributed by atoms with Gasteiger partial charge in [-0.05, 0) is 53.1 Å². The van der Waals surface area contributed by atoms with Gasteiger partial charge in [0.1, 0.15) is 0 Å². The van der Waals surface area contributed by atoms with E-state index in [1.165, 1.54) is 14.7 Å². The van der Waals surface area contributed by atoms with E-state index >= 15 is 0 Å². The standard InChI is InChI=1S/C9H11IO/c1-6-3-8(5-11)4-7(2)9(6)10/h3-4,11H,5H2,1-2H3. The molecule has 0 bridgehead atoms. The zero-order valence-electron chi connectivity index (χ0n) is 6.69. The Bertz CT molecular complexity index is 245. The van der Waals surface area contributed by atoms with E-state index in [1.54, 1.807) is 0 Å². The molecule has 0 aliphatic heterocycles. The molecule has 0 radical (unpaired) electrons. The molecule has 11 heavy (non-hydrogen) atoms. The van der Waals surface area contributed by atoms with Crippen molar-refractivity contribution in [3.05, 3.63) is 32.4 Å². The van der Waals surface area contributed by atoms with Gasteiger partial charge in [0.15, 0.2) is 0 Å². The Kier molecular flexibility index (Phi) is 2.90. The molecule has 0 atom stereocenters. The first-order valence-electron chi connectivity index (χ1n) is 3.51. The van der Waals surface area contributed by atoms with E-state index in [9.17, 15) is 0 Å². The normalized spacial score (nSPS) is 10.2. The summed E-state index contributed by atoms with van der Waals surface area (Å²) in [7, 11) is 0. The number of aryl methyl sites for hydroxylation is 2. The highest BCUT2D eigenvalue weighted by Gasteiger charge is 2.00. The molecule has 1 aromatic carbocycles. The number of benzene rings is 1. The van der Waals surface area contributed by atoms with Gasteiger partial charge in [-0.2, -0.15) is 0 Å². The third-order valence-corrected chi connectivity index (χ3v) is 3.38. The Hall–Kier alpha value is -0.0900. The summed E-state index contributed by atoms with van der Waals surface area (Å²) in [6.07, 6.45) is 0. The van der Waals surface area contributed by atoms with Gasteiger partial charge in [0.05, 0.1) is 6.61 Å². The van der Waals surface area contributed by atoms with E-state index in [-0.39, 0.29) is 6.61 Å². The van der Waals surface area contributed by atoms with Gasteiger partial charge in [-0.15, -0.1) is 0 Å². The monoisotopic (exact) mass is 262 g/mol. The van der Waals surface area contributed by atoms with Gasteiger partial charge in [-0.25, -0.2) is 0 Å². The van der Waals surface area contributed by atoms with Crippen LogP contribution >= 0.6 is 22.6 Å². The van der Waals surface area contributed by atoms with Gasteiger partial charge < -0.3 is 5.11 Å². The van der Waals surface area contributed by atoms with E-state index in [4.69, 9.17) is 5.11 Å². The van der Waals surface area contributed by atoms with Gasteiger partial charge in [-0.3, -0.25) is 0 Å². The highest BCUT2D eigenvalue weighted by atomic mass is 127. The van der Waals surface area contributed by atoms with Crippen LogP contribution in [0.2, 0.25) is 0 Å². The molecule has 0 aliphatic carbocycles. The summed E-state index contributed by atoms with van der Waals surface area (Å²) < 4.78 is 1.29. The number of halogens is 1. The van der Waals surface area contributed by atoms with Crippen molar-refractivity contribution in [3.8, 4) is 0 Å². The molecular weight excluding hydrogens is 251 g/mol. The van der Waals surface area contributed by atoms with Crippen LogP contribution in [0.3, 0.4) is 0 Å². The lowest BCUT2D eigenvalue weighted by atomic mass is 10.1. The molecule has 1 aromatic rings. The Balaban J connectivity index is 3.21. The molecule has 60 valence electrons. The third kappa shape index (κ3) is 1.93. The van der Waals surface area contributed by atoms with E-state index in [2.05, 4.69) is 36.4 Å². The fourth-order valence-electron chi connectivity index (χ4n) is 1.13. The van der Waals surface area contributed by atoms with Crippen LogP contribution in [-0.2, 0) is 6.61 Å². The smallest absolute Gasteiger partial charge is 0.0682 e. The quantitative estimate of drug-likeness (QED) is 0.770. The van der Waals surface area contributed by atoms with Crippen LogP contribution < -0.4 is 0 Å².